The maximum atomic E-state index is 12.4. The predicted octanol–water partition coefficient (Wildman–Crippen LogP) is 2.19. The lowest BCUT2D eigenvalue weighted by Crippen LogP contribution is -2.36. The van der Waals surface area contributed by atoms with E-state index in [2.05, 4.69) is 5.32 Å². The molecule has 0 bridgehead atoms. The largest absolute Gasteiger partial charge is 0.481 e. The van der Waals surface area contributed by atoms with Crippen LogP contribution < -0.4 is 5.32 Å². The molecule has 0 aromatic heterocycles. The van der Waals surface area contributed by atoms with Crippen LogP contribution in [0.4, 0.5) is 0 Å². The molecule has 1 saturated heterocycles. The summed E-state index contributed by atoms with van der Waals surface area (Å²) in [7, 11) is 0. The van der Waals surface area contributed by atoms with Crippen LogP contribution in [0.15, 0.2) is 30.3 Å². The molecule has 3 unspecified atom stereocenters. The van der Waals surface area contributed by atoms with Crippen LogP contribution in [0.1, 0.15) is 38.7 Å². The van der Waals surface area contributed by atoms with Crippen molar-refractivity contribution in [2.45, 2.75) is 45.0 Å². The minimum atomic E-state index is -1.09. The molecule has 1 fully saturated rings. The number of ether oxygens (including phenoxy) is 2. The Labute approximate surface area is 148 Å². The van der Waals surface area contributed by atoms with Crippen LogP contribution in [0, 0.1) is 5.92 Å². The molecule has 0 saturated carbocycles. The third-order valence-electron chi connectivity index (χ3n) is 4.45. The summed E-state index contributed by atoms with van der Waals surface area (Å²) in [6.07, 6.45) is 0.707. The topological polar surface area (TPSA) is 84.9 Å². The molecule has 1 aromatic carbocycles. The number of rotatable bonds is 9. The average Bonchev–Trinajstić information content (AvgIpc) is 2.91. The number of nitrogens with one attached hydrogen (secondary N) is 1. The molecule has 1 aromatic rings. The molecular weight excluding hydrogens is 322 g/mol. The van der Waals surface area contributed by atoms with Gasteiger partial charge in [0.25, 0.3) is 0 Å². The fourth-order valence-electron chi connectivity index (χ4n) is 3.07. The minimum Gasteiger partial charge on any atom is -0.481 e. The van der Waals surface area contributed by atoms with Crippen LogP contribution >= 0.6 is 0 Å². The molecule has 1 aliphatic rings. The minimum absolute atomic E-state index is 0.00360. The summed E-state index contributed by atoms with van der Waals surface area (Å²) in [6, 6.07) is 9.25. The number of Topliss-reactive ketones (excluding diaryl/α,β-unsaturated/α-hetero) is 1. The third kappa shape index (κ3) is 5.63. The van der Waals surface area contributed by atoms with E-state index in [0.717, 1.165) is 5.56 Å². The molecule has 0 spiro atoms. The van der Waals surface area contributed by atoms with Crippen LogP contribution in [0.25, 0.3) is 0 Å². The quantitative estimate of drug-likeness (QED) is 0.525. The van der Waals surface area contributed by atoms with Crippen LogP contribution in [0.5, 0.6) is 0 Å². The van der Waals surface area contributed by atoms with E-state index < -0.39 is 17.7 Å². The first-order chi connectivity index (χ1) is 11.8. The molecule has 0 radical (unpaired) electrons. The zero-order valence-corrected chi connectivity index (χ0v) is 15.0. The Morgan fingerprint density at radius 2 is 2.00 bits per heavy atom. The number of aliphatic carboxylic acids is 1. The number of carbonyl (C=O) groups excluding carboxylic acids is 1. The fraction of sp³-hybridized carbons (Fsp3) is 0.579. The molecule has 6 nitrogen and oxygen atoms in total. The van der Waals surface area contributed by atoms with Crippen LogP contribution in [0.3, 0.4) is 0 Å². The van der Waals surface area contributed by atoms with E-state index >= 15 is 0 Å². The van der Waals surface area contributed by atoms with Crippen LogP contribution in [0.2, 0.25) is 0 Å². The smallest absolute Gasteiger partial charge is 0.314 e. The van der Waals surface area contributed by atoms with Crippen molar-refractivity contribution in [1.82, 2.24) is 5.32 Å². The lowest BCUT2D eigenvalue weighted by atomic mass is 9.84. The summed E-state index contributed by atoms with van der Waals surface area (Å²) in [5.41, 5.74) is 0.849. The Bertz CT molecular complexity index is 587. The molecule has 0 aliphatic carbocycles. The number of ketones is 1. The standard InChI is InChI=1S/C19H27NO5/c1-13(14-7-5-4-6-8-14)17(18(22)23)16(21)11-20-10-9-15-12-24-19(2,3)25-15/h4-8,13,15,17,20H,9-12H2,1-3H3,(H,22,23). The maximum Gasteiger partial charge on any atom is 0.314 e. The zero-order chi connectivity index (χ0) is 18.4. The molecule has 1 heterocycles. The molecule has 2 rings (SSSR count). The highest BCUT2D eigenvalue weighted by Gasteiger charge is 2.33. The number of benzene rings is 1. The van der Waals surface area contributed by atoms with Gasteiger partial charge in [0.05, 0.1) is 19.3 Å². The van der Waals surface area contributed by atoms with E-state index in [-0.39, 0.29) is 24.3 Å². The van der Waals surface area contributed by atoms with Gasteiger partial charge in [-0.3, -0.25) is 9.59 Å². The second kappa shape index (κ2) is 8.56. The first-order valence-corrected chi connectivity index (χ1v) is 8.63. The monoisotopic (exact) mass is 349 g/mol. The molecule has 1 aliphatic heterocycles. The van der Waals surface area contributed by atoms with E-state index in [9.17, 15) is 14.7 Å². The average molecular weight is 349 g/mol. The highest BCUT2D eigenvalue weighted by molar-refractivity contribution is 6.00. The number of carbonyl (C=O) groups is 2. The summed E-state index contributed by atoms with van der Waals surface area (Å²) < 4.78 is 11.2. The lowest BCUT2D eigenvalue weighted by molar-refractivity contribution is -0.147. The van der Waals surface area contributed by atoms with Crippen molar-refractivity contribution in [3.63, 3.8) is 0 Å². The van der Waals surface area contributed by atoms with E-state index in [1.807, 2.05) is 44.2 Å². The lowest BCUT2D eigenvalue weighted by Gasteiger charge is -2.20. The van der Waals surface area contributed by atoms with Gasteiger partial charge in [-0.2, -0.15) is 0 Å². The normalized spacial score (nSPS) is 21.6. The Balaban J connectivity index is 1.81. The van der Waals surface area contributed by atoms with Crippen molar-refractivity contribution in [2.24, 2.45) is 5.92 Å². The Hall–Kier alpha value is -1.76. The maximum absolute atomic E-state index is 12.4. The summed E-state index contributed by atoms with van der Waals surface area (Å²) in [4.78, 5) is 24.0. The van der Waals surface area contributed by atoms with Crippen LogP contribution in [-0.4, -0.2) is 48.4 Å². The van der Waals surface area contributed by atoms with Gasteiger partial charge < -0.3 is 19.9 Å². The van der Waals surface area contributed by atoms with Gasteiger partial charge in [0, 0.05) is 5.92 Å². The van der Waals surface area contributed by atoms with E-state index in [1.54, 1.807) is 6.92 Å². The Morgan fingerprint density at radius 3 is 2.56 bits per heavy atom. The Morgan fingerprint density at radius 1 is 1.32 bits per heavy atom. The van der Waals surface area contributed by atoms with E-state index in [1.165, 1.54) is 0 Å². The van der Waals surface area contributed by atoms with Gasteiger partial charge in [0.2, 0.25) is 0 Å². The number of carboxylic acid groups (broad SMARTS) is 1. The highest BCUT2D eigenvalue weighted by Crippen LogP contribution is 2.25. The van der Waals surface area contributed by atoms with Crippen LogP contribution in [-0.2, 0) is 19.1 Å². The first-order valence-electron chi connectivity index (χ1n) is 8.63. The van der Waals surface area contributed by atoms with Gasteiger partial charge in [-0.25, -0.2) is 0 Å². The van der Waals surface area contributed by atoms with Crippen molar-refractivity contribution in [1.29, 1.82) is 0 Å². The van der Waals surface area contributed by atoms with E-state index in [0.29, 0.717) is 19.6 Å². The predicted molar refractivity (Wildman–Crippen MR) is 93.4 cm³/mol. The second-order valence-corrected chi connectivity index (χ2v) is 6.90. The van der Waals surface area contributed by atoms with Gasteiger partial charge in [-0.1, -0.05) is 37.3 Å². The number of hydrogen-bond acceptors (Lipinski definition) is 5. The second-order valence-electron chi connectivity index (χ2n) is 6.90. The summed E-state index contributed by atoms with van der Waals surface area (Å²) in [5, 5.41) is 12.5. The van der Waals surface area contributed by atoms with Gasteiger partial charge in [0.15, 0.2) is 11.6 Å². The van der Waals surface area contributed by atoms with Gasteiger partial charge >= 0.3 is 5.97 Å². The van der Waals surface area contributed by atoms with Gasteiger partial charge in [0.1, 0.15) is 5.92 Å². The van der Waals surface area contributed by atoms with Gasteiger partial charge in [-0.05, 0) is 32.4 Å². The van der Waals surface area contributed by atoms with Crippen molar-refractivity contribution in [3.8, 4) is 0 Å². The molecule has 0 amide bonds. The van der Waals surface area contributed by atoms with Crippen molar-refractivity contribution < 1.29 is 24.2 Å². The molecule has 2 N–H and O–H groups in total. The first kappa shape index (κ1) is 19.6. The zero-order valence-electron chi connectivity index (χ0n) is 15.0. The highest BCUT2D eigenvalue weighted by atomic mass is 16.7. The van der Waals surface area contributed by atoms with Crippen molar-refractivity contribution >= 4 is 11.8 Å². The van der Waals surface area contributed by atoms with Crippen molar-refractivity contribution in [3.05, 3.63) is 35.9 Å². The number of hydrogen-bond donors (Lipinski definition) is 2. The Kier molecular flexibility index (Phi) is 6.70. The molecular formula is C19H27NO5. The van der Waals surface area contributed by atoms with Gasteiger partial charge in [-0.15, -0.1) is 0 Å². The third-order valence-corrected chi connectivity index (χ3v) is 4.45. The van der Waals surface area contributed by atoms with E-state index in [4.69, 9.17) is 9.47 Å². The fourth-order valence-corrected chi connectivity index (χ4v) is 3.07. The number of carboxylic acids is 1. The molecule has 3 atom stereocenters. The molecule has 25 heavy (non-hydrogen) atoms. The molecule has 6 heteroatoms. The summed E-state index contributed by atoms with van der Waals surface area (Å²) in [5.74, 6) is -3.38. The SMILES string of the molecule is CC(c1ccccc1)C(C(=O)O)C(=O)CNCCC1COC(C)(C)O1. The summed E-state index contributed by atoms with van der Waals surface area (Å²) in [6.45, 7) is 6.65. The molecule has 138 valence electrons. The van der Waals surface area contributed by atoms with Crippen molar-refractivity contribution in [2.75, 3.05) is 19.7 Å². The summed E-state index contributed by atoms with van der Waals surface area (Å²) >= 11 is 0.